The zero-order valence-corrected chi connectivity index (χ0v) is 13.6. The van der Waals surface area contributed by atoms with Crippen molar-refractivity contribution in [1.82, 2.24) is 10.3 Å². The molecular weight excluding hydrogens is 292 g/mol. The largest absolute Gasteiger partial charge is 0.496 e. The van der Waals surface area contributed by atoms with E-state index in [0.717, 1.165) is 46.4 Å². The first-order valence-corrected chi connectivity index (χ1v) is 7.75. The molecule has 3 nitrogen and oxygen atoms in total. The third-order valence-corrected chi connectivity index (χ3v) is 4.51. The van der Waals surface area contributed by atoms with Gasteiger partial charge in [-0.1, -0.05) is 11.6 Å². The van der Waals surface area contributed by atoms with Crippen molar-refractivity contribution < 1.29 is 4.74 Å². The number of aromatic nitrogens is 1. The lowest BCUT2D eigenvalue weighted by Crippen LogP contribution is -2.18. The van der Waals surface area contributed by atoms with Crippen molar-refractivity contribution in [3.05, 3.63) is 44.4 Å². The van der Waals surface area contributed by atoms with Crippen LogP contribution in [0.25, 0.3) is 0 Å². The number of thiophene rings is 1. The van der Waals surface area contributed by atoms with Crippen LogP contribution in [0.5, 0.6) is 5.75 Å². The van der Waals surface area contributed by atoms with E-state index >= 15 is 0 Å². The van der Waals surface area contributed by atoms with Gasteiger partial charge in [-0.2, -0.15) is 0 Å². The van der Waals surface area contributed by atoms with E-state index in [0.29, 0.717) is 0 Å². The van der Waals surface area contributed by atoms with Crippen LogP contribution >= 0.6 is 22.9 Å². The van der Waals surface area contributed by atoms with Crippen molar-refractivity contribution in [2.75, 3.05) is 13.7 Å². The summed E-state index contributed by atoms with van der Waals surface area (Å²) >= 11 is 7.55. The maximum absolute atomic E-state index is 5.91. The third-order valence-electron chi connectivity index (χ3n) is 3.22. The molecule has 1 N–H and O–H groups in total. The van der Waals surface area contributed by atoms with Crippen LogP contribution in [0.2, 0.25) is 4.34 Å². The van der Waals surface area contributed by atoms with Crippen LogP contribution in [-0.4, -0.2) is 18.6 Å². The zero-order valence-electron chi connectivity index (χ0n) is 12.0. The van der Waals surface area contributed by atoms with Gasteiger partial charge in [0, 0.05) is 35.3 Å². The van der Waals surface area contributed by atoms with Crippen LogP contribution in [0.1, 0.15) is 21.7 Å². The molecule has 2 heterocycles. The maximum Gasteiger partial charge on any atom is 0.128 e. The highest BCUT2D eigenvalue weighted by molar-refractivity contribution is 7.16. The molecule has 0 aliphatic carbocycles. The first-order chi connectivity index (χ1) is 9.61. The third kappa shape index (κ3) is 3.72. The Bertz CT molecular complexity index is 583. The van der Waals surface area contributed by atoms with Crippen molar-refractivity contribution in [2.24, 2.45) is 0 Å². The van der Waals surface area contributed by atoms with Gasteiger partial charge in [0.1, 0.15) is 5.75 Å². The predicted octanol–water partition coefficient (Wildman–Crippen LogP) is 3.75. The molecule has 0 unspecified atom stereocenters. The molecule has 0 bridgehead atoms. The number of ether oxygens (including phenoxy) is 1. The molecule has 2 aromatic heterocycles. The maximum atomic E-state index is 5.91. The highest BCUT2D eigenvalue weighted by Crippen LogP contribution is 2.24. The normalized spacial score (nSPS) is 10.8. The lowest BCUT2D eigenvalue weighted by Gasteiger charge is -2.12. The number of rotatable bonds is 6. The van der Waals surface area contributed by atoms with E-state index < -0.39 is 0 Å². The van der Waals surface area contributed by atoms with Crippen molar-refractivity contribution in [1.29, 1.82) is 0 Å². The van der Waals surface area contributed by atoms with Gasteiger partial charge in [-0.25, -0.2) is 0 Å². The first kappa shape index (κ1) is 15.3. The average molecular weight is 311 g/mol. The topological polar surface area (TPSA) is 34.1 Å². The summed E-state index contributed by atoms with van der Waals surface area (Å²) in [5, 5.41) is 3.42. The fourth-order valence-electron chi connectivity index (χ4n) is 2.15. The van der Waals surface area contributed by atoms with Crippen molar-refractivity contribution in [3.63, 3.8) is 0 Å². The van der Waals surface area contributed by atoms with Crippen LogP contribution in [0.4, 0.5) is 0 Å². The average Bonchev–Trinajstić information content (AvgIpc) is 2.83. The van der Waals surface area contributed by atoms with E-state index in [9.17, 15) is 0 Å². The van der Waals surface area contributed by atoms with Crippen molar-refractivity contribution in [3.8, 4) is 5.75 Å². The number of nitrogens with one attached hydrogen (secondary N) is 1. The van der Waals surface area contributed by atoms with Crippen LogP contribution in [-0.2, 0) is 13.0 Å². The van der Waals surface area contributed by atoms with E-state index in [1.165, 1.54) is 4.88 Å². The van der Waals surface area contributed by atoms with Gasteiger partial charge in [-0.05, 0) is 32.4 Å². The van der Waals surface area contributed by atoms with Gasteiger partial charge in [0.2, 0.25) is 0 Å². The number of hydrogen-bond acceptors (Lipinski definition) is 4. The second-order valence-electron chi connectivity index (χ2n) is 4.68. The number of pyridine rings is 1. The molecule has 0 atom stereocenters. The molecule has 0 radical (unpaired) electrons. The Morgan fingerprint density at radius 1 is 1.35 bits per heavy atom. The van der Waals surface area contributed by atoms with Gasteiger partial charge in [0.15, 0.2) is 0 Å². The molecule has 0 fully saturated rings. The Labute approximate surface area is 129 Å². The summed E-state index contributed by atoms with van der Waals surface area (Å²) in [6.45, 7) is 5.72. The zero-order chi connectivity index (χ0) is 14.5. The Balaban J connectivity index is 1.88. The van der Waals surface area contributed by atoms with E-state index in [4.69, 9.17) is 16.3 Å². The molecule has 0 saturated carbocycles. The minimum Gasteiger partial charge on any atom is -0.496 e. The van der Waals surface area contributed by atoms with Crippen LogP contribution < -0.4 is 10.1 Å². The van der Waals surface area contributed by atoms with E-state index in [1.54, 1.807) is 18.4 Å². The lowest BCUT2D eigenvalue weighted by molar-refractivity contribution is 0.406. The summed E-state index contributed by atoms with van der Waals surface area (Å²) in [7, 11) is 1.70. The second kappa shape index (κ2) is 7.07. The Morgan fingerprint density at radius 2 is 2.15 bits per heavy atom. The van der Waals surface area contributed by atoms with Gasteiger partial charge >= 0.3 is 0 Å². The molecule has 0 aliphatic rings. The summed E-state index contributed by atoms with van der Waals surface area (Å²) in [5.41, 5.74) is 3.22. The lowest BCUT2D eigenvalue weighted by atomic mass is 10.1. The summed E-state index contributed by atoms with van der Waals surface area (Å²) in [6.07, 6.45) is 2.85. The number of methoxy groups -OCH3 is 1. The standard InChI is InChI=1S/C15H19ClN2OS/c1-10-8-18-13(11(2)15(10)19-3)9-17-7-6-12-4-5-14(16)20-12/h4-5,8,17H,6-7,9H2,1-3H3. The molecule has 0 aliphatic heterocycles. The minimum absolute atomic E-state index is 0.752. The van der Waals surface area contributed by atoms with Crippen LogP contribution in [0.15, 0.2) is 18.3 Å². The van der Waals surface area contributed by atoms with E-state index in [1.807, 2.05) is 19.2 Å². The Hall–Kier alpha value is -1.10. The fourth-order valence-corrected chi connectivity index (χ4v) is 3.24. The smallest absolute Gasteiger partial charge is 0.128 e. The SMILES string of the molecule is COc1c(C)cnc(CNCCc2ccc(Cl)s2)c1C. The highest BCUT2D eigenvalue weighted by atomic mass is 35.5. The quantitative estimate of drug-likeness (QED) is 0.825. The highest BCUT2D eigenvalue weighted by Gasteiger charge is 2.08. The molecule has 108 valence electrons. The molecule has 2 rings (SSSR count). The summed E-state index contributed by atoms with van der Waals surface area (Å²) in [6, 6.07) is 4.02. The molecule has 0 aromatic carbocycles. The van der Waals surface area contributed by atoms with Crippen LogP contribution in [0.3, 0.4) is 0 Å². The second-order valence-corrected chi connectivity index (χ2v) is 6.48. The van der Waals surface area contributed by atoms with Gasteiger partial charge in [-0.15, -0.1) is 11.3 Å². The molecule has 0 saturated heterocycles. The van der Waals surface area contributed by atoms with Crippen LogP contribution in [0, 0.1) is 13.8 Å². The Morgan fingerprint density at radius 3 is 2.80 bits per heavy atom. The number of halogens is 1. The van der Waals surface area contributed by atoms with E-state index in [2.05, 4.69) is 23.3 Å². The van der Waals surface area contributed by atoms with Crippen molar-refractivity contribution in [2.45, 2.75) is 26.8 Å². The molecule has 5 heteroatoms. The van der Waals surface area contributed by atoms with Gasteiger partial charge in [-0.3, -0.25) is 4.98 Å². The molecule has 2 aromatic rings. The van der Waals surface area contributed by atoms with Gasteiger partial charge in [0.25, 0.3) is 0 Å². The fraction of sp³-hybridized carbons (Fsp3) is 0.400. The Kier molecular flexibility index (Phi) is 5.40. The number of hydrogen-bond donors (Lipinski definition) is 1. The van der Waals surface area contributed by atoms with Gasteiger partial charge < -0.3 is 10.1 Å². The monoisotopic (exact) mass is 310 g/mol. The summed E-state index contributed by atoms with van der Waals surface area (Å²) < 4.78 is 6.26. The predicted molar refractivity (Wildman–Crippen MR) is 85.0 cm³/mol. The summed E-state index contributed by atoms with van der Waals surface area (Å²) in [5.74, 6) is 0.932. The number of aryl methyl sites for hydroxylation is 1. The molecular formula is C15H19ClN2OS. The molecule has 20 heavy (non-hydrogen) atoms. The van der Waals surface area contributed by atoms with Crippen molar-refractivity contribution >= 4 is 22.9 Å². The van der Waals surface area contributed by atoms with E-state index in [-0.39, 0.29) is 0 Å². The minimum atomic E-state index is 0.752. The first-order valence-electron chi connectivity index (χ1n) is 6.55. The number of nitrogens with zero attached hydrogens (tertiary/aromatic N) is 1. The molecule has 0 amide bonds. The summed E-state index contributed by atoms with van der Waals surface area (Å²) in [4.78, 5) is 5.77. The van der Waals surface area contributed by atoms with Gasteiger partial charge in [0.05, 0.1) is 17.1 Å². The molecule has 0 spiro atoms.